The van der Waals surface area contributed by atoms with Crippen LogP contribution in [0.2, 0.25) is 0 Å². The number of amides is 3. The second-order valence-electron chi connectivity index (χ2n) is 4.79. The van der Waals surface area contributed by atoms with Gasteiger partial charge in [0.1, 0.15) is 5.75 Å². The van der Waals surface area contributed by atoms with Crippen LogP contribution in [0.25, 0.3) is 0 Å². The van der Waals surface area contributed by atoms with Crippen molar-refractivity contribution >= 4 is 23.7 Å². The lowest BCUT2D eigenvalue weighted by Gasteiger charge is -2.13. The van der Waals surface area contributed by atoms with Crippen molar-refractivity contribution in [3.63, 3.8) is 0 Å². The van der Waals surface area contributed by atoms with Gasteiger partial charge in [-0.1, -0.05) is 6.92 Å². The van der Waals surface area contributed by atoms with Crippen LogP contribution in [0.5, 0.6) is 5.75 Å². The number of hydrogen-bond acceptors (Lipinski definition) is 6. The van der Waals surface area contributed by atoms with E-state index in [0.717, 1.165) is 0 Å². The summed E-state index contributed by atoms with van der Waals surface area (Å²) in [7, 11) is 1.35. The zero-order valence-corrected chi connectivity index (χ0v) is 13.8. The average Bonchev–Trinajstić information content (AvgIpc) is 2.59. The molecule has 8 nitrogen and oxygen atoms in total. The Morgan fingerprint density at radius 3 is 2.29 bits per heavy atom. The first-order valence-electron chi connectivity index (χ1n) is 7.35. The van der Waals surface area contributed by atoms with Crippen LogP contribution < -0.4 is 15.4 Å². The second-order valence-corrected chi connectivity index (χ2v) is 4.79. The quantitative estimate of drug-likeness (QED) is 0.569. The van der Waals surface area contributed by atoms with E-state index in [9.17, 15) is 19.2 Å². The summed E-state index contributed by atoms with van der Waals surface area (Å²) in [5.41, 5.74) is 0.562. The van der Waals surface area contributed by atoms with Gasteiger partial charge >= 0.3 is 12.0 Å². The normalized spacial score (nSPS) is 11.1. The SMILES string of the molecule is CCC(=O)c1ccc(OCC(=O)OC(C)C(=O)NC(=O)NC)cc1. The minimum absolute atomic E-state index is 0.0110. The highest BCUT2D eigenvalue weighted by Crippen LogP contribution is 2.13. The van der Waals surface area contributed by atoms with Crippen molar-refractivity contribution < 1.29 is 28.7 Å². The summed E-state index contributed by atoms with van der Waals surface area (Å²) in [4.78, 5) is 45.6. The van der Waals surface area contributed by atoms with E-state index < -0.39 is 30.6 Å². The number of ether oxygens (including phenoxy) is 2. The number of nitrogens with one attached hydrogen (secondary N) is 2. The molecule has 0 fully saturated rings. The summed E-state index contributed by atoms with van der Waals surface area (Å²) in [6.07, 6.45) is -0.731. The van der Waals surface area contributed by atoms with Gasteiger partial charge in [0.2, 0.25) is 0 Å². The Bertz CT molecular complexity index is 611. The van der Waals surface area contributed by atoms with Crippen LogP contribution in [0.1, 0.15) is 30.6 Å². The van der Waals surface area contributed by atoms with E-state index in [4.69, 9.17) is 9.47 Å². The molecule has 3 amide bonds. The van der Waals surface area contributed by atoms with E-state index >= 15 is 0 Å². The monoisotopic (exact) mass is 336 g/mol. The number of carbonyl (C=O) groups is 4. The molecule has 1 unspecified atom stereocenters. The summed E-state index contributed by atoms with van der Waals surface area (Å²) in [6, 6.07) is 5.65. The molecule has 0 aromatic heterocycles. The third kappa shape index (κ3) is 6.07. The summed E-state index contributed by atoms with van der Waals surface area (Å²) < 4.78 is 10.1. The van der Waals surface area contributed by atoms with E-state index in [0.29, 0.717) is 17.7 Å². The predicted molar refractivity (Wildman–Crippen MR) is 84.7 cm³/mol. The smallest absolute Gasteiger partial charge is 0.344 e. The fraction of sp³-hybridized carbons (Fsp3) is 0.375. The summed E-state index contributed by atoms with van der Waals surface area (Å²) in [5, 5.41) is 4.20. The molecule has 0 heterocycles. The zero-order valence-electron chi connectivity index (χ0n) is 13.8. The molecular weight excluding hydrogens is 316 g/mol. The van der Waals surface area contributed by atoms with Gasteiger partial charge in [0, 0.05) is 19.0 Å². The van der Waals surface area contributed by atoms with Crippen LogP contribution in [0.15, 0.2) is 24.3 Å². The molecule has 0 aliphatic heterocycles. The number of ketones is 1. The Morgan fingerprint density at radius 2 is 1.75 bits per heavy atom. The van der Waals surface area contributed by atoms with Gasteiger partial charge < -0.3 is 14.8 Å². The van der Waals surface area contributed by atoms with Crippen LogP contribution in [0, 0.1) is 0 Å². The highest BCUT2D eigenvalue weighted by Gasteiger charge is 2.19. The number of esters is 1. The minimum Gasteiger partial charge on any atom is -0.482 e. The van der Waals surface area contributed by atoms with Gasteiger partial charge in [0.05, 0.1) is 0 Å². The van der Waals surface area contributed by atoms with E-state index in [1.165, 1.54) is 14.0 Å². The summed E-state index contributed by atoms with van der Waals surface area (Å²) in [6.45, 7) is 2.70. The van der Waals surface area contributed by atoms with Gasteiger partial charge in [-0.3, -0.25) is 14.9 Å². The molecule has 0 radical (unpaired) electrons. The first kappa shape index (κ1) is 19.1. The lowest BCUT2D eigenvalue weighted by Crippen LogP contribution is -2.43. The Kier molecular flexibility index (Phi) is 7.41. The van der Waals surface area contributed by atoms with Crippen LogP contribution in [-0.2, 0) is 14.3 Å². The summed E-state index contributed by atoms with van der Waals surface area (Å²) >= 11 is 0. The predicted octanol–water partition coefficient (Wildman–Crippen LogP) is 1.05. The second kappa shape index (κ2) is 9.29. The molecule has 0 bridgehead atoms. The van der Waals surface area contributed by atoms with Crippen LogP contribution in [0.4, 0.5) is 4.79 Å². The number of urea groups is 1. The zero-order chi connectivity index (χ0) is 18.1. The molecule has 8 heteroatoms. The lowest BCUT2D eigenvalue weighted by molar-refractivity contribution is -0.156. The van der Waals surface area contributed by atoms with Crippen LogP contribution in [0.3, 0.4) is 0 Å². The number of Topliss-reactive ketones (excluding diaryl/α,β-unsaturated/α-hetero) is 1. The number of hydrogen-bond donors (Lipinski definition) is 2. The molecule has 1 rings (SSSR count). The molecule has 2 N–H and O–H groups in total. The fourth-order valence-corrected chi connectivity index (χ4v) is 1.64. The molecule has 0 spiro atoms. The number of benzene rings is 1. The molecule has 130 valence electrons. The maximum atomic E-state index is 11.6. The van der Waals surface area contributed by atoms with Crippen molar-refractivity contribution in [1.82, 2.24) is 10.6 Å². The van der Waals surface area contributed by atoms with Crippen molar-refractivity contribution in [3.8, 4) is 5.75 Å². The van der Waals surface area contributed by atoms with Gasteiger partial charge in [0.25, 0.3) is 5.91 Å². The topological polar surface area (TPSA) is 111 Å². The van der Waals surface area contributed by atoms with Gasteiger partial charge in [-0.2, -0.15) is 0 Å². The van der Waals surface area contributed by atoms with Gasteiger partial charge in [0.15, 0.2) is 18.5 Å². The number of carbonyl (C=O) groups excluding carboxylic acids is 4. The summed E-state index contributed by atoms with van der Waals surface area (Å²) in [5.74, 6) is -1.10. The number of imide groups is 1. The molecular formula is C16H20N2O6. The van der Waals surface area contributed by atoms with Crippen LogP contribution >= 0.6 is 0 Å². The van der Waals surface area contributed by atoms with Gasteiger partial charge in [-0.15, -0.1) is 0 Å². The molecule has 1 atom stereocenters. The standard InChI is InChI=1S/C16H20N2O6/c1-4-13(19)11-5-7-12(8-6-11)23-9-14(20)24-10(2)15(21)18-16(22)17-3/h5-8,10H,4,9H2,1-3H3,(H2,17,18,21,22). The molecule has 0 saturated carbocycles. The minimum atomic E-state index is -1.14. The maximum Gasteiger partial charge on any atom is 0.344 e. The average molecular weight is 336 g/mol. The third-order valence-corrected chi connectivity index (χ3v) is 3.00. The third-order valence-electron chi connectivity index (χ3n) is 3.00. The van der Waals surface area contributed by atoms with E-state index in [-0.39, 0.29) is 5.78 Å². The Morgan fingerprint density at radius 1 is 1.12 bits per heavy atom. The van der Waals surface area contributed by atoms with Crippen molar-refractivity contribution in [2.45, 2.75) is 26.4 Å². The Balaban J connectivity index is 2.44. The maximum absolute atomic E-state index is 11.6. The molecule has 1 aromatic carbocycles. The molecule has 0 aliphatic carbocycles. The molecule has 0 saturated heterocycles. The first-order chi connectivity index (χ1) is 11.4. The van der Waals surface area contributed by atoms with Gasteiger partial charge in [-0.05, 0) is 31.2 Å². The highest BCUT2D eigenvalue weighted by atomic mass is 16.6. The fourth-order valence-electron chi connectivity index (χ4n) is 1.64. The van der Waals surface area contributed by atoms with Crippen molar-refractivity contribution in [2.75, 3.05) is 13.7 Å². The highest BCUT2D eigenvalue weighted by molar-refractivity contribution is 5.97. The van der Waals surface area contributed by atoms with Gasteiger partial charge in [-0.25, -0.2) is 9.59 Å². The first-order valence-corrected chi connectivity index (χ1v) is 7.35. The Labute approximate surface area is 139 Å². The molecule has 24 heavy (non-hydrogen) atoms. The van der Waals surface area contributed by atoms with Crippen molar-refractivity contribution in [3.05, 3.63) is 29.8 Å². The largest absolute Gasteiger partial charge is 0.482 e. The molecule has 0 aliphatic rings. The van der Waals surface area contributed by atoms with Crippen LogP contribution in [-0.4, -0.2) is 43.4 Å². The lowest BCUT2D eigenvalue weighted by atomic mass is 10.1. The number of rotatable bonds is 7. The van der Waals surface area contributed by atoms with Crippen molar-refractivity contribution in [2.24, 2.45) is 0 Å². The Hall–Kier alpha value is -2.90. The van der Waals surface area contributed by atoms with E-state index in [2.05, 4.69) is 5.32 Å². The molecule has 1 aromatic rings. The van der Waals surface area contributed by atoms with E-state index in [1.54, 1.807) is 31.2 Å². The van der Waals surface area contributed by atoms with Crippen molar-refractivity contribution in [1.29, 1.82) is 0 Å². The van der Waals surface area contributed by atoms with E-state index in [1.807, 2.05) is 5.32 Å².